The van der Waals surface area contributed by atoms with Crippen molar-refractivity contribution >= 4 is 58.2 Å². The summed E-state index contributed by atoms with van der Waals surface area (Å²) in [6.45, 7) is 6.25. The number of hydrogen-bond donors (Lipinski definition) is 8. The fourth-order valence-electron chi connectivity index (χ4n) is 9.93. The highest BCUT2D eigenvalue weighted by atomic mass is 35.5. The summed E-state index contributed by atoms with van der Waals surface area (Å²) < 4.78 is 33.4. The Bertz CT molecular complexity index is 2880. The minimum Gasteiger partial charge on any atom is -0.387 e. The number of benzene rings is 4. The third-order valence-corrected chi connectivity index (χ3v) is 15.3. The maximum atomic E-state index is 12.4. The van der Waals surface area contributed by atoms with E-state index in [1.165, 1.54) is 0 Å². The molecule has 0 saturated carbocycles. The first-order valence-corrected chi connectivity index (χ1v) is 29.2. The molecule has 2 aliphatic rings. The number of nitrogens with zero attached hydrogens (tertiary/aromatic N) is 6. The summed E-state index contributed by atoms with van der Waals surface area (Å²) in [5, 5.41) is 63.5. The van der Waals surface area contributed by atoms with Crippen LogP contribution < -0.4 is 10.6 Å². The van der Waals surface area contributed by atoms with Gasteiger partial charge in [-0.3, -0.25) is 19.8 Å². The molecule has 84 heavy (non-hydrogen) atoms. The second-order valence-corrected chi connectivity index (χ2v) is 22.2. The Labute approximate surface area is 507 Å². The van der Waals surface area contributed by atoms with E-state index < -0.39 is 36.2 Å². The van der Waals surface area contributed by atoms with E-state index in [9.17, 15) is 30.0 Å². The van der Waals surface area contributed by atoms with Gasteiger partial charge in [-0.1, -0.05) is 82.8 Å². The van der Waals surface area contributed by atoms with Crippen molar-refractivity contribution in [2.24, 2.45) is 0 Å². The van der Waals surface area contributed by atoms with Crippen LogP contribution >= 0.6 is 46.4 Å². The van der Waals surface area contributed by atoms with E-state index >= 15 is 0 Å². The van der Waals surface area contributed by atoms with E-state index in [1.807, 2.05) is 36.4 Å². The summed E-state index contributed by atoms with van der Waals surface area (Å²) in [5.74, 6) is 0.662. The molecule has 0 fully saturated rings. The molecule has 0 aliphatic carbocycles. The Morgan fingerprint density at radius 2 is 0.917 bits per heavy atom. The molecule has 2 amide bonds. The van der Waals surface area contributed by atoms with Gasteiger partial charge in [0.25, 0.3) is 11.8 Å². The van der Waals surface area contributed by atoms with E-state index in [2.05, 4.69) is 89.2 Å². The van der Waals surface area contributed by atoms with Gasteiger partial charge in [-0.2, -0.15) is 10.2 Å². The molecule has 0 radical (unpaired) electrons. The summed E-state index contributed by atoms with van der Waals surface area (Å²) in [5.41, 5.74) is 8.46. The van der Waals surface area contributed by atoms with Crippen LogP contribution in [0.2, 0.25) is 20.1 Å². The average molecular weight is 1240 g/mol. The molecule has 0 saturated heterocycles. The van der Waals surface area contributed by atoms with Crippen molar-refractivity contribution in [3.63, 3.8) is 0 Å². The number of aromatic amines is 2. The molecular formula is C58H72Cl4N10O12. The molecule has 2 aliphatic heterocycles. The Kier molecular flexibility index (Phi) is 25.1. The van der Waals surface area contributed by atoms with Gasteiger partial charge in [-0.15, -0.1) is 0 Å². The van der Waals surface area contributed by atoms with Crippen LogP contribution in [0.1, 0.15) is 56.9 Å². The van der Waals surface area contributed by atoms with Gasteiger partial charge in [-0.05, 0) is 83.9 Å². The first kappa shape index (κ1) is 64.8. The first-order valence-electron chi connectivity index (χ1n) is 27.7. The molecule has 0 spiro atoms. The fraction of sp³-hybridized carbons (Fsp3) is 0.483. The zero-order valence-electron chi connectivity index (χ0n) is 46.8. The zero-order valence-corrected chi connectivity index (χ0v) is 49.8. The Morgan fingerprint density at radius 1 is 0.548 bits per heavy atom. The average Bonchev–Trinajstić information content (AvgIpc) is 2.47. The van der Waals surface area contributed by atoms with Gasteiger partial charge in [-0.25, -0.2) is 9.97 Å². The first-order chi connectivity index (χ1) is 40.6. The van der Waals surface area contributed by atoms with Crippen LogP contribution in [0.3, 0.4) is 0 Å². The summed E-state index contributed by atoms with van der Waals surface area (Å²) in [6, 6.07) is 24.0. The molecule has 8 rings (SSSR count). The number of H-pyrrole nitrogens is 2. The molecule has 454 valence electrons. The van der Waals surface area contributed by atoms with Gasteiger partial charge in [0.05, 0.1) is 79.3 Å². The number of rotatable bonds is 33. The largest absolute Gasteiger partial charge is 0.387 e. The summed E-state index contributed by atoms with van der Waals surface area (Å²) in [4.78, 5) is 38.7. The van der Waals surface area contributed by atoms with Crippen LogP contribution in [0, 0.1) is 0 Å². The minimum atomic E-state index is -2.17. The normalized spacial score (nSPS) is 16.9. The molecule has 22 nitrogen and oxygen atoms in total. The van der Waals surface area contributed by atoms with Gasteiger partial charge < -0.3 is 69.3 Å². The number of ether oxygens (including phenoxy) is 6. The number of aliphatic hydroxyl groups excluding tert-OH is 4. The van der Waals surface area contributed by atoms with Crippen molar-refractivity contribution in [2.75, 3.05) is 120 Å². The van der Waals surface area contributed by atoms with Gasteiger partial charge in [0.1, 0.15) is 23.9 Å². The topological polar surface area (TPSA) is 284 Å². The maximum absolute atomic E-state index is 12.4. The number of hydrogen-bond acceptors (Lipinski definition) is 18. The molecule has 0 bridgehead atoms. The summed E-state index contributed by atoms with van der Waals surface area (Å²) in [6.07, 6.45) is -7.60. The third-order valence-electron chi connectivity index (χ3n) is 14.2. The van der Waals surface area contributed by atoms with Crippen LogP contribution in [-0.4, -0.2) is 216 Å². The van der Waals surface area contributed by atoms with Crippen LogP contribution in [0.25, 0.3) is 22.8 Å². The van der Waals surface area contributed by atoms with E-state index in [-0.39, 0.29) is 64.6 Å². The smallest absolute Gasteiger partial charge is 0.251 e. The molecule has 6 atom stereocenters. The monoisotopic (exact) mass is 1240 g/mol. The lowest BCUT2D eigenvalue weighted by molar-refractivity contribution is -0.155. The number of halogens is 4. The number of aliphatic hydroxyl groups is 4. The van der Waals surface area contributed by atoms with Crippen molar-refractivity contribution in [1.82, 2.24) is 50.8 Å². The molecule has 2 aromatic heterocycles. The molecule has 4 heterocycles. The standard InChI is InChI=1S/C58H72Cl4N10O12/c1-71-31-43(41-27-39(59)29-47(61)45(41)33-71)35-5-3-7-37(25-35)55-65-49(67-69-55)9-13-79-17-21-83-23-19-81-15-11-63-57(77)53(75)51(73)52(74)54(76)58(78)64-12-16-82-20-24-84-22-18-80-14-10-50-66-56(70-68-50)38-8-4-6-36(26-38)44-32-72(2)34-46-42(44)28-40(60)30-48(46)62/h3-8,25-30,43-44,51-54,73-76H,9-24,31-34H2,1-2H3,(H,63,77)(H,64,78)(H,65,67,69)(H,66,68,70)/t43-,44-,51-,52+,53+,54-/m0/s1. The molecule has 4 aromatic carbocycles. The number of fused-ring (bicyclic) bond motifs is 2. The predicted molar refractivity (Wildman–Crippen MR) is 315 cm³/mol. The van der Waals surface area contributed by atoms with Crippen LogP contribution in [0.15, 0.2) is 72.8 Å². The number of carbonyl (C=O) groups is 2. The maximum Gasteiger partial charge on any atom is 0.251 e. The molecule has 26 heteroatoms. The Morgan fingerprint density at radius 3 is 1.31 bits per heavy atom. The highest BCUT2D eigenvalue weighted by Crippen LogP contribution is 2.41. The van der Waals surface area contributed by atoms with Gasteiger partial charge >= 0.3 is 0 Å². The second kappa shape index (κ2) is 32.5. The van der Waals surface area contributed by atoms with E-state index in [0.717, 1.165) is 70.7 Å². The molecule has 0 unspecified atom stereocenters. The van der Waals surface area contributed by atoms with Crippen LogP contribution in [-0.2, 0) is 63.9 Å². The van der Waals surface area contributed by atoms with Crippen molar-refractivity contribution in [3.8, 4) is 22.8 Å². The summed E-state index contributed by atoms with van der Waals surface area (Å²) in [7, 11) is 4.16. The van der Waals surface area contributed by atoms with Crippen LogP contribution in [0.4, 0.5) is 0 Å². The zero-order chi connectivity index (χ0) is 59.5. The van der Waals surface area contributed by atoms with Gasteiger partial charge in [0.15, 0.2) is 23.9 Å². The molecule has 8 N–H and O–H groups in total. The lowest BCUT2D eigenvalue weighted by Gasteiger charge is -2.33. The van der Waals surface area contributed by atoms with Gasteiger partial charge in [0, 0.05) is 95.2 Å². The van der Waals surface area contributed by atoms with E-state index in [0.29, 0.717) is 95.9 Å². The predicted octanol–water partition coefficient (Wildman–Crippen LogP) is 4.59. The lowest BCUT2D eigenvalue weighted by Crippen LogP contribution is -2.54. The number of amides is 2. The number of aromatic nitrogens is 6. The minimum absolute atomic E-state index is 0.0386. The highest BCUT2D eigenvalue weighted by Gasteiger charge is 2.37. The second-order valence-electron chi connectivity index (χ2n) is 20.5. The molecule has 6 aromatic rings. The Hall–Kier alpha value is -5.22. The van der Waals surface area contributed by atoms with Crippen molar-refractivity contribution in [3.05, 3.63) is 138 Å². The van der Waals surface area contributed by atoms with Crippen molar-refractivity contribution in [2.45, 2.75) is 62.2 Å². The quantitative estimate of drug-likeness (QED) is 0.0262. The van der Waals surface area contributed by atoms with E-state index in [1.54, 1.807) is 12.1 Å². The third kappa shape index (κ3) is 18.4. The number of likely N-dealkylation sites (N-methyl/N-ethyl adjacent to an activating group) is 2. The molecular weight excluding hydrogens is 1170 g/mol. The van der Waals surface area contributed by atoms with Crippen molar-refractivity contribution in [1.29, 1.82) is 0 Å². The number of nitrogens with one attached hydrogen (secondary N) is 4. The van der Waals surface area contributed by atoms with Crippen LogP contribution in [0.5, 0.6) is 0 Å². The number of carbonyl (C=O) groups excluding carboxylic acids is 2. The lowest BCUT2D eigenvalue weighted by atomic mass is 9.84. The van der Waals surface area contributed by atoms with Gasteiger partial charge in [0.2, 0.25) is 0 Å². The SMILES string of the molecule is CN1Cc2c(Cl)cc(Cl)cc2[C@H](c2cccc(-c3n[nH]c(CCOCCOCCOCCNC(=O)[C@@H](O)[C@H](O)[C@H](O)[C@@H](O)C(=O)NCCOCCOCCOCCc4nc(-c5cccc([C@@H]6CN(C)Cc7c(Cl)cc(Cl)cc76)c5)n[nH]4)n3)c2)C1. The van der Waals surface area contributed by atoms with E-state index in [4.69, 9.17) is 74.8 Å². The Balaban J connectivity index is 0.596. The fourth-order valence-corrected chi connectivity index (χ4v) is 11.1. The highest BCUT2D eigenvalue weighted by molar-refractivity contribution is 6.35. The van der Waals surface area contributed by atoms with Crippen molar-refractivity contribution < 1.29 is 58.4 Å². The summed E-state index contributed by atoms with van der Waals surface area (Å²) >= 11 is 26.0.